The number of β-amino-alcohol motifs (C(OH)–C–C–N with tert-alkyl or cyclic N) is 1. The molecule has 2 aliphatic rings. The molecule has 1 N–H and O–H groups in total. The molecule has 0 aromatic heterocycles. The molecular formula is C11H21NO2. The minimum atomic E-state index is -0.118. The van der Waals surface area contributed by atoms with Crippen LogP contribution in [0.1, 0.15) is 26.7 Å². The van der Waals surface area contributed by atoms with E-state index in [1.807, 2.05) is 0 Å². The van der Waals surface area contributed by atoms with Crippen LogP contribution in [0.25, 0.3) is 0 Å². The standard InChI is InChI=1S/C11H21NO2/c1-11(2)8-14-6-5-12(11)7-10(13)9-3-4-9/h9-10,13H,3-8H2,1-2H3. The van der Waals surface area contributed by atoms with Crippen molar-refractivity contribution in [3.8, 4) is 0 Å². The third-order valence-electron chi connectivity index (χ3n) is 3.39. The van der Waals surface area contributed by atoms with Crippen molar-refractivity contribution in [1.82, 2.24) is 4.90 Å². The predicted octanol–water partition coefficient (Wildman–Crippen LogP) is 0.868. The molecule has 2 fully saturated rings. The smallest absolute Gasteiger partial charge is 0.0695 e. The van der Waals surface area contributed by atoms with E-state index in [2.05, 4.69) is 18.7 Å². The maximum Gasteiger partial charge on any atom is 0.0695 e. The number of hydrogen-bond acceptors (Lipinski definition) is 3. The van der Waals surface area contributed by atoms with E-state index in [9.17, 15) is 5.11 Å². The highest BCUT2D eigenvalue weighted by Gasteiger charge is 2.36. The SMILES string of the molecule is CC1(C)COCCN1CC(O)C1CC1. The number of nitrogens with zero attached hydrogens (tertiary/aromatic N) is 1. The first-order valence-electron chi connectivity index (χ1n) is 5.60. The molecule has 1 saturated carbocycles. The molecule has 3 heteroatoms. The summed E-state index contributed by atoms with van der Waals surface area (Å²) in [6, 6.07) is 0. The summed E-state index contributed by atoms with van der Waals surface area (Å²) in [7, 11) is 0. The number of rotatable bonds is 3. The van der Waals surface area contributed by atoms with E-state index in [0.29, 0.717) is 5.92 Å². The van der Waals surface area contributed by atoms with Gasteiger partial charge in [-0.3, -0.25) is 4.90 Å². The lowest BCUT2D eigenvalue weighted by Gasteiger charge is -2.43. The van der Waals surface area contributed by atoms with Crippen molar-refractivity contribution >= 4 is 0 Å². The second kappa shape index (κ2) is 3.80. The van der Waals surface area contributed by atoms with E-state index in [4.69, 9.17) is 4.74 Å². The van der Waals surface area contributed by atoms with Crippen LogP contribution in [0.3, 0.4) is 0 Å². The molecule has 0 aromatic rings. The van der Waals surface area contributed by atoms with Crippen molar-refractivity contribution in [3.05, 3.63) is 0 Å². The van der Waals surface area contributed by atoms with Gasteiger partial charge in [0.05, 0.1) is 19.3 Å². The van der Waals surface area contributed by atoms with Crippen molar-refractivity contribution in [1.29, 1.82) is 0 Å². The Morgan fingerprint density at radius 1 is 1.50 bits per heavy atom. The van der Waals surface area contributed by atoms with Gasteiger partial charge in [0.1, 0.15) is 0 Å². The molecule has 1 aliphatic heterocycles. The summed E-state index contributed by atoms with van der Waals surface area (Å²) in [6.45, 7) is 7.74. The summed E-state index contributed by atoms with van der Waals surface area (Å²) in [5.41, 5.74) is 0.0914. The largest absolute Gasteiger partial charge is 0.392 e. The molecule has 0 spiro atoms. The van der Waals surface area contributed by atoms with E-state index in [0.717, 1.165) is 26.3 Å². The maximum absolute atomic E-state index is 9.89. The summed E-state index contributed by atoms with van der Waals surface area (Å²) in [5.74, 6) is 0.577. The van der Waals surface area contributed by atoms with Crippen LogP contribution in [0, 0.1) is 5.92 Å². The average Bonchev–Trinajstić information content (AvgIpc) is 2.91. The van der Waals surface area contributed by atoms with Gasteiger partial charge >= 0.3 is 0 Å². The fourth-order valence-electron chi connectivity index (χ4n) is 2.08. The van der Waals surface area contributed by atoms with E-state index in [-0.39, 0.29) is 11.6 Å². The fourth-order valence-corrected chi connectivity index (χ4v) is 2.08. The van der Waals surface area contributed by atoms with Gasteiger partial charge in [-0.15, -0.1) is 0 Å². The van der Waals surface area contributed by atoms with Gasteiger partial charge in [-0.25, -0.2) is 0 Å². The normalized spacial score (nSPS) is 30.2. The molecule has 0 bridgehead atoms. The Labute approximate surface area is 86.0 Å². The lowest BCUT2D eigenvalue weighted by atomic mass is 10.0. The highest BCUT2D eigenvalue weighted by Crippen LogP contribution is 2.33. The summed E-state index contributed by atoms with van der Waals surface area (Å²) in [6.07, 6.45) is 2.31. The molecule has 1 aliphatic carbocycles. The monoisotopic (exact) mass is 199 g/mol. The topological polar surface area (TPSA) is 32.7 Å². The summed E-state index contributed by atoms with van der Waals surface area (Å²) >= 11 is 0. The second-order valence-electron chi connectivity index (χ2n) is 5.22. The predicted molar refractivity (Wildman–Crippen MR) is 55.2 cm³/mol. The van der Waals surface area contributed by atoms with E-state index in [1.165, 1.54) is 12.8 Å². The van der Waals surface area contributed by atoms with E-state index in [1.54, 1.807) is 0 Å². The Hall–Kier alpha value is -0.120. The van der Waals surface area contributed by atoms with E-state index >= 15 is 0 Å². The average molecular weight is 199 g/mol. The van der Waals surface area contributed by atoms with Gasteiger partial charge in [-0.1, -0.05) is 0 Å². The Kier molecular flexibility index (Phi) is 2.82. The number of ether oxygens (including phenoxy) is 1. The van der Waals surface area contributed by atoms with Crippen LogP contribution in [0.15, 0.2) is 0 Å². The van der Waals surface area contributed by atoms with Crippen molar-refractivity contribution < 1.29 is 9.84 Å². The zero-order valence-corrected chi connectivity index (χ0v) is 9.20. The van der Waals surface area contributed by atoms with Crippen LogP contribution in [0.5, 0.6) is 0 Å². The molecule has 1 heterocycles. The zero-order valence-electron chi connectivity index (χ0n) is 9.20. The first kappa shape index (κ1) is 10.4. The van der Waals surface area contributed by atoms with Crippen molar-refractivity contribution in [2.24, 2.45) is 5.92 Å². The molecule has 3 nitrogen and oxygen atoms in total. The molecule has 2 rings (SSSR count). The lowest BCUT2D eigenvalue weighted by molar-refractivity contribution is -0.0685. The Balaban J connectivity index is 1.87. The van der Waals surface area contributed by atoms with Gasteiger partial charge in [0, 0.05) is 18.6 Å². The third-order valence-corrected chi connectivity index (χ3v) is 3.39. The molecule has 82 valence electrons. The summed E-state index contributed by atoms with van der Waals surface area (Å²) in [5, 5.41) is 9.89. The second-order valence-corrected chi connectivity index (χ2v) is 5.22. The minimum absolute atomic E-state index is 0.0914. The minimum Gasteiger partial charge on any atom is -0.392 e. The van der Waals surface area contributed by atoms with Gasteiger partial charge in [-0.05, 0) is 32.6 Å². The van der Waals surface area contributed by atoms with Gasteiger partial charge in [-0.2, -0.15) is 0 Å². The quantitative estimate of drug-likeness (QED) is 0.732. The number of aliphatic hydroxyl groups is 1. The molecule has 0 amide bonds. The van der Waals surface area contributed by atoms with Crippen LogP contribution in [-0.2, 0) is 4.74 Å². The van der Waals surface area contributed by atoms with Crippen LogP contribution in [0.4, 0.5) is 0 Å². The number of hydrogen-bond donors (Lipinski definition) is 1. The molecule has 1 saturated heterocycles. The van der Waals surface area contributed by atoms with Crippen molar-refractivity contribution in [2.45, 2.75) is 38.3 Å². The maximum atomic E-state index is 9.89. The number of aliphatic hydroxyl groups excluding tert-OH is 1. The van der Waals surface area contributed by atoms with Gasteiger partial charge in [0.25, 0.3) is 0 Å². The first-order chi connectivity index (χ1) is 6.59. The molecule has 1 unspecified atom stereocenters. The van der Waals surface area contributed by atoms with Crippen LogP contribution in [0.2, 0.25) is 0 Å². The molecule has 1 atom stereocenters. The van der Waals surface area contributed by atoms with Gasteiger partial charge in [0.2, 0.25) is 0 Å². The lowest BCUT2D eigenvalue weighted by Crippen LogP contribution is -2.55. The highest BCUT2D eigenvalue weighted by atomic mass is 16.5. The summed E-state index contributed by atoms with van der Waals surface area (Å²) < 4.78 is 5.45. The zero-order chi connectivity index (χ0) is 10.2. The first-order valence-corrected chi connectivity index (χ1v) is 5.60. The van der Waals surface area contributed by atoms with Crippen molar-refractivity contribution in [2.75, 3.05) is 26.3 Å². The van der Waals surface area contributed by atoms with E-state index < -0.39 is 0 Å². The molecular weight excluding hydrogens is 178 g/mol. The van der Waals surface area contributed by atoms with Gasteiger partial charge < -0.3 is 9.84 Å². The molecule has 14 heavy (non-hydrogen) atoms. The van der Waals surface area contributed by atoms with Crippen molar-refractivity contribution in [3.63, 3.8) is 0 Å². The Bertz CT molecular complexity index is 201. The summed E-state index contributed by atoms with van der Waals surface area (Å²) in [4.78, 5) is 2.36. The number of morpholine rings is 1. The Morgan fingerprint density at radius 2 is 2.21 bits per heavy atom. The van der Waals surface area contributed by atoms with Crippen LogP contribution in [-0.4, -0.2) is 48.0 Å². The molecule has 0 radical (unpaired) electrons. The van der Waals surface area contributed by atoms with Crippen LogP contribution < -0.4 is 0 Å². The fraction of sp³-hybridized carbons (Fsp3) is 1.00. The van der Waals surface area contributed by atoms with Gasteiger partial charge in [0.15, 0.2) is 0 Å². The van der Waals surface area contributed by atoms with Crippen LogP contribution >= 0.6 is 0 Å². The third kappa shape index (κ3) is 2.27. The Morgan fingerprint density at radius 3 is 2.79 bits per heavy atom. The highest BCUT2D eigenvalue weighted by molar-refractivity contribution is 4.89. The molecule has 0 aromatic carbocycles.